The van der Waals surface area contributed by atoms with Gasteiger partial charge in [-0.3, -0.25) is 14.5 Å². The largest absolute Gasteiger partial charge is 0.467 e. The summed E-state index contributed by atoms with van der Waals surface area (Å²) in [7, 11) is 1.15. The monoisotopic (exact) mass is 339 g/mol. The number of methoxy groups -OCH3 is 1. The van der Waals surface area contributed by atoms with Crippen molar-refractivity contribution < 1.29 is 24.2 Å². The lowest BCUT2D eigenvalue weighted by molar-refractivity contribution is -0.153. The van der Waals surface area contributed by atoms with Gasteiger partial charge in [0.1, 0.15) is 0 Å². The summed E-state index contributed by atoms with van der Waals surface area (Å²) in [4.78, 5) is 38.2. The molecule has 2 amide bonds. The third kappa shape index (κ3) is 3.04. The van der Waals surface area contributed by atoms with Crippen LogP contribution in [0.2, 0.25) is 0 Å². The van der Waals surface area contributed by atoms with Crippen molar-refractivity contribution in [2.45, 2.75) is 18.6 Å². The summed E-state index contributed by atoms with van der Waals surface area (Å²) in [6.45, 7) is 0. The molecule has 1 aliphatic rings. The molecule has 2 aromatic carbocycles. The first-order chi connectivity index (χ1) is 12.0. The zero-order valence-corrected chi connectivity index (χ0v) is 13.6. The fourth-order valence-electron chi connectivity index (χ4n) is 2.99. The average molecular weight is 339 g/mol. The quantitative estimate of drug-likeness (QED) is 0.658. The Morgan fingerprint density at radius 1 is 1.00 bits per heavy atom. The highest BCUT2D eigenvalue weighted by Crippen LogP contribution is 2.27. The number of carbonyl (C=O) groups excluding carboxylic acids is 3. The minimum Gasteiger partial charge on any atom is -0.467 e. The van der Waals surface area contributed by atoms with E-state index in [4.69, 9.17) is 0 Å². The number of carbonyl (C=O) groups is 3. The number of ether oxygens (including phenoxy) is 1. The predicted octanol–water partition coefficient (Wildman–Crippen LogP) is 1.43. The van der Waals surface area contributed by atoms with Gasteiger partial charge in [0, 0.05) is 0 Å². The third-order valence-corrected chi connectivity index (χ3v) is 4.25. The molecule has 2 atom stereocenters. The van der Waals surface area contributed by atoms with Crippen molar-refractivity contribution in [1.29, 1.82) is 0 Å². The lowest BCUT2D eigenvalue weighted by atomic mass is 9.99. The Bertz CT molecular complexity index is 783. The number of hydrogen-bond donors (Lipinski definition) is 1. The maximum Gasteiger partial charge on any atom is 0.336 e. The van der Waals surface area contributed by atoms with Gasteiger partial charge in [0.2, 0.25) is 0 Å². The standard InChI is InChI=1S/C19H17NO5/c1-25-19(24)16(21)15(11-12-7-3-2-4-8-12)20-17(22)13-9-5-6-10-14(13)18(20)23/h2-10,15-16,21H,11H2,1H3/t15-,16-/m0/s1. The van der Waals surface area contributed by atoms with E-state index in [0.717, 1.165) is 17.6 Å². The Morgan fingerprint density at radius 3 is 2.04 bits per heavy atom. The molecule has 0 bridgehead atoms. The third-order valence-electron chi connectivity index (χ3n) is 4.25. The van der Waals surface area contributed by atoms with Crippen LogP contribution >= 0.6 is 0 Å². The second-order valence-corrected chi connectivity index (χ2v) is 5.75. The first kappa shape index (κ1) is 16.9. The maximum absolute atomic E-state index is 12.7. The molecule has 0 aliphatic carbocycles. The van der Waals surface area contributed by atoms with Crippen LogP contribution in [0, 0.1) is 0 Å². The van der Waals surface area contributed by atoms with E-state index in [0.29, 0.717) is 0 Å². The van der Waals surface area contributed by atoms with Gasteiger partial charge in [-0.1, -0.05) is 42.5 Å². The van der Waals surface area contributed by atoms with Gasteiger partial charge in [-0.25, -0.2) is 4.79 Å². The highest BCUT2D eigenvalue weighted by Gasteiger charge is 2.44. The number of hydrogen-bond acceptors (Lipinski definition) is 5. The molecule has 0 unspecified atom stereocenters. The van der Waals surface area contributed by atoms with Gasteiger partial charge in [0.25, 0.3) is 11.8 Å². The summed E-state index contributed by atoms with van der Waals surface area (Å²) in [6.07, 6.45) is -1.49. The molecule has 1 aliphatic heterocycles. The summed E-state index contributed by atoms with van der Waals surface area (Å²) in [5.74, 6) is -1.94. The Kier molecular flexibility index (Phi) is 4.63. The number of rotatable bonds is 5. The number of nitrogens with zero attached hydrogens (tertiary/aromatic N) is 1. The summed E-state index contributed by atoms with van der Waals surface area (Å²) < 4.78 is 4.60. The smallest absolute Gasteiger partial charge is 0.336 e. The molecule has 6 heteroatoms. The van der Waals surface area contributed by atoms with Crippen LogP contribution < -0.4 is 0 Å². The molecule has 1 heterocycles. The van der Waals surface area contributed by atoms with Gasteiger partial charge in [0.15, 0.2) is 6.10 Å². The maximum atomic E-state index is 12.7. The van der Waals surface area contributed by atoms with Gasteiger partial charge in [-0.15, -0.1) is 0 Å². The van der Waals surface area contributed by atoms with E-state index in [-0.39, 0.29) is 17.5 Å². The van der Waals surface area contributed by atoms with Crippen molar-refractivity contribution in [3.63, 3.8) is 0 Å². The predicted molar refractivity (Wildman–Crippen MR) is 88.9 cm³/mol. The number of aliphatic hydroxyl groups is 1. The molecule has 0 saturated heterocycles. The summed E-state index contributed by atoms with van der Waals surface area (Å²) >= 11 is 0. The van der Waals surface area contributed by atoms with E-state index >= 15 is 0 Å². The van der Waals surface area contributed by atoms with E-state index in [2.05, 4.69) is 4.74 Å². The molecule has 0 aromatic heterocycles. The molecular formula is C19H17NO5. The fourth-order valence-corrected chi connectivity index (χ4v) is 2.99. The Morgan fingerprint density at radius 2 is 1.52 bits per heavy atom. The van der Waals surface area contributed by atoms with Gasteiger partial charge in [-0.2, -0.15) is 0 Å². The van der Waals surface area contributed by atoms with Crippen molar-refractivity contribution in [3.8, 4) is 0 Å². The minimum absolute atomic E-state index is 0.141. The number of benzene rings is 2. The molecule has 0 spiro atoms. The Hall–Kier alpha value is -2.99. The molecule has 0 fully saturated rings. The van der Waals surface area contributed by atoms with E-state index in [1.165, 1.54) is 0 Å². The van der Waals surface area contributed by atoms with Crippen LogP contribution in [0.4, 0.5) is 0 Å². The van der Waals surface area contributed by atoms with Gasteiger partial charge >= 0.3 is 5.97 Å². The molecule has 128 valence electrons. The first-order valence-corrected chi connectivity index (χ1v) is 7.81. The van der Waals surface area contributed by atoms with Gasteiger partial charge in [-0.05, 0) is 24.1 Å². The highest BCUT2D eigenvalue weighted by atomic mass is 16.5. The second kappa shape index (κ2) is 6.86. The lowest BCUT2D eigenvalue weighted by Crippen LogP contribution is -2.51. The molecule has 6 nitrogen and oxygen atoms in total. The Labute approximate surface area is 144 Å². The molecular weight excluding hydrogens is 322 g/mol. The molecule has 0 radical (unpaired) electrons. The van der Waals surface area contributed by atoms with Crippen molar-refractivity contribution >= 4 is 17.8 Å². The zero-order chi connectivity index (χ0) is 18.0. The van der Waals surface area contributed by atoms with E-state index in [1.807, 2.05) is 6.07 Å². The number of esters is 1. The van der Waals surface area contributed by atoms with Crippen molar-refractivity contribution in [2.75, 3.05) is 7.11 Å². The van der Waals surface area contributed by atoms with Crippen molar-refractivity contribution in [2.24, 2.45) is 0 Å². The van der Waals surface area contributed by atoms with E-state index < -0.39 is 29.9 Å². The summed E-state index contributed by atoms with van der Waals surface area (Å²) in [5.41, 5.74) is 1.32. The zero-order valence-electron chi connectivity index (χ0n) is 13.6. The summed E-state index contributed by atoms with van der Waals surface area (Å²) in [6, 6.07) is 14.4. The van der Waals surface area contributed by atoms with Crippen molar-refractivity contribution in [3.05, 3.63) is 71.3 Å². The molecule has 1 N–H and O–H groups in total. The van der Waals surface area contributed by atoms with Crippen LogP contribution in [0.25, 0.3) is 0 Å². The number of fused-ring (bicyclic) bond motifs is 1. The normalized spacial score (nSPS) is 15.7. The molecule has 0 saturated carbocycles. The Balaban J connectivity index is 1.99. The van der Waals surface area contributed by atoms with Crippen LogP contribution in [0.3, 0.4) is 0 Å². The van der Waals surface area contributed by atoms with Crippen LogP contribution in [0.1, 0.15) is 26.3 Å². The molecule has 2 aromatic rings. The SMILES string of the molecule is COC(=O)[C@@H](O)[C@H](Cc1ccccc1)N1C(=O)c2ccccc2C1=O. The highest BCUT2D eigenvalue weighted by molar-refractivity contribution is 6.21. The summed E-state index contributed by atoms with van der Waals surface area (Å²) in [5, 5.41) is 10.4. The number of aliphatic hydroxyl groups excluding tert-OH is 1. The van der Waals surface area contributed by atoms with Gasteiger partial charge in [0.05, 0.1) is 24.3 Å². The minimum atomic E-state index is -1.63. The van der Waals surface area contributed by atoms with E-state index in [9.17, 15) is 19.5 Å². The lowest BCUT2D eigenvalue weighted by Gasteiger charge is -2.29. The van der Waals surface area contributed by atoms with E-state index in [1.54, 1.807) is 48.5 Å². The van der Waals surface area contributed by atoms with Crippen LogP contribution in [-0.2, 0) is 16.0 Å². The average Bonchev–Trinajstić information content (AvgIpc) is 2.90. The fraction of sp³-hybridized carbons (Fsp3) is 0.211. The second-order valence-electron chi connectivity index (χ2n) is 5.75. The van der Waals surface area contributed by atoms with Crippen LogP contribution in [-0.4, -0.2) is 47.0 Å². The van der Waals surface area contributed by atoms with Gasteiger partial charge < -0.3 is 9.84 Å². The molecule has 25 heavy (non-hydrogen) atoms. The molecule has 3 rings (SSSR count). The van der Waals surface area contributed by atoms with Crippen LogP contribution in [0.5, 0.6) is 0 Å². The first-order valence-electron chi connectivity index (χ1n) is 7.81. The number of imide groups is 1. The van der Waals surface area contributed by atoms with Crippen molar-refractivity contribution in [1.82, 2.24) is 4.90 Å². The van der Waals surface area contributed by atoms with Crippen LogP contribution in [0.15, 0.2) is 54.6 Å². The topological polar surface area (TPSA) is 83.9 Å². The number of amides is 2.